The Balaban J connectivity index is 2.00. The molecule has 80 valence electrons. The normalized spacial score (nSPS) is 13.7. The highest BCUT2D eigenvalue weighted by Gasteiger charge is 2.11. The second-order valence-corrected chi connectivity index (χ2v) is 3.66. The van der Waals surface area contributed by atoms with Gasteiger partial charge in [-0.1, -0.05) is 38.0 Å². The van der Waals surface area contributed by atoms with E-state index in [-0.39, 0.29) is 0 Å². The van der Waals surface area contributed by atoms with Gasteiger partial charge < -0.3 is 9.47 Å². The minimum atomic E-state index is 0.346. The van der Waals surface area contributed by atoms with Crippen molar-refractivity contribution in [1.29, 1.82) is 0 Å². The van der Waals surface area contributed by atoms with Gasteiger partial charge in [0.2, 0.25) is 6.79 Å². The van der Waals surface area contributed by atoms with Gasteiger partial charge in [-0.05, 0) is 24.1 Å². The van der Waals surface area contributed by atoms with E-state index in [9.17, 15) is 0 Å². The van der Waals surface area contributed by atoms with Crippen molar-refractivity contribution in [1.82, 2.24) is 0 Å². The zero-order chi connectivity index (χ0) is 10.5. The van der Waals surface area contributed by atoms with E-state index in [1.165, 1.54) is 18.4 Å². The van der Waals surface area contributed by atoms with Gasteiger partial charge in [0.05, 0.1) is 0 Å². The number of ether oxygens (including phenoxy) is 2. The maximum absolute atomic E-state index is 5.31. The Morgan fingerprint density at radius 2 is 2.13 bits per heavy atom. The van der Waals surface area contributed by atoms with Crippen molar-refractivity contribution in [3.05, 3.63) is 29.8 Å². The van der Waals surface area contributed by atoms with Crippen molar-refractivity contribution < 1.29 is 9.47 Å². The first kappa shape index (κ1) is 10.1. The number of benzene rings is 1. The van der Waals surface area contributed by atoms with Gasteiger partial charge in [0.15, 0.2) is 11.5 Å². The summed E-state index contributed by atoms with van der Waals surface area (Å²) in [6.07, 6.45) is 7.98. The minimum Gasteiger partial charge on any atom is -0.454 e. The summed E-state index contributed by atoms with van der Waals surface area (Å²) in [6.45, 7) is 2.55. The lowest BCUT2D eigenvalue weighted by molar-refractivity contribution is 0.174. The molecule has 2 rings (SSSR count). The molecule has 15 heavy (non-hydrogen) atoms. The molecule has 1 heterocycles. The van der Waals surface area contributed by atoms with Crippen molar-refractivity contribution in [2.75, 3.05) is 6.79 Å². The molecule has 0 bridgehead atoms. The van der Waals surface area contributed by atoms with E-state index in [1.54, 1.807) is 0 Å². The average Bonchev–Trinajstić information content (AvgIpc) is 2.71. The van der Waals surface area contributed by atoms with Crippen molar-refractivity contribution in [3.63, 3.8) is 0 Å². The molecule has 0 N–H and O–H groups in total. The van der Waals surface area contributed by atoms with E-state index < -0.39 is 0 Å². The molecule has 1 aliphatic heterocycles. The fourth-order valence-corrected chi connectivity index (χ4v) is 1.56. The topological polar surface area (TPSA) is 18.5 Å². The Bertz CT molecular complexity index is 356. The zero-order valence-electron chi connectivity index (χ0n) is 9.03. The van der Waals surface area contributed by atoms with E-state index in [2.05, 4.69) is 25.1 Å². The highest BCUT2D eigenvalue weighted by atomic mass is 16.7. The van der Waals surface area contributed by atoms with Crippen LogP contribution in [0.15, 0.2) is 24.3 Å². The second kappa shape index (κ2) is 4.87. The summed E-state index contributed by atoms with van der Waals surface area (Å²) in [5.74, 6) is 1.70. The van der Waals surface area contributed by atoms with E-state index in [0.717, 1.165) is 17.9 Å². The predicted molar refractivity (Wildman–Crippen MR) is 61.1 cm³/mol. The van der Waals surface area contributed by atoms with Crippen LogP contribution in [0, 0.1) is 0 Å². The standard InChI is InChI=1S/C13H16O2/c1-2-3-4-5-6-11-7-8-12-13(9-11)15-10-14-12/h5-9H,2-4,10H2,1H3/b6-5+. The zero-order valence-corrected chi connectivity index (χ0v) is 9.03. The molecule has 1 aromatic carbocycles. The van der Waals surface area contributed by atoms with Crippen LogP contribution in [0.2, 0.25) is 0 Å². The summed E-state index contributed by atoms with van der Waals surface area (Å²) in [5, 5.41) is 0. The monoisotopic (exact) mass is 204 g/mol. The molecule has 0 aliphatic carbocycles. The molecule has 0 saturated heterocycles. The molecule has 0 radical (unpaired) electrons. The maximum atomic E-state index is 5.31. The fourth-order valence-electron chi connectivity index (χ4n) is 1.56. The molecule has 2 heteroatoms. The van der Waals surface area contributed by atoms with Crippen LogP contribution in [0.1, 0.15) is 31.7 Å². The summed E-state index contributed by atoms with van der Waals surface area (Å²) in [4.78, 5) is 0. The van der Waals surface area contributed by atoms with Gasteiger partial charge in [-0.15, -0.1) is 0 Å². The second-order valence-electron chi connectivity index (χ2n) is 3.66. The summed E-state index contributed by atoms with van der Waals surface area (Å²) in [6, 6.07) is 6.03. The lowest BCUT2D eigenvalue weighted by Gasteiger charge is -1.97. The van der Waals surface area contributed by atoms with Crippen molar-refractivity contribution in [3.8, 4) is 11.5 Å². The summed E-state index contributed by atoms with van der Waals surface area (Å²) < 4.78 is 10.6. The van der Waals surface area contributed by atoms with Gasteiger partial charge in [0.1, 0.15) is 0 Å². The highest BCUT2D eigenvalue weighted by molar-refractivity contribution is 5.56. The Hall–Kier alpha value is -1.44. The van der Waals surface area contributed by atoms with E-state index in [0.29, 0.717) is 6.79 Å². The van der Waals surface area contributed by atoms with Gasteiger partial charge in [-0.3, -0.25) is 0 Å². The molecule has 0 fully saturated rings. The Morgan fingerprint density at radius 1 is 1.27 bits per heavy atom. The van der Waals surface area contributed by atoms with Crippen LogP contribution in [-0.2, 0) is 0 Å². The number of allylic oxidation sites excluding steroid dienone is 1. The Labute approximate surface area is 90.5 Å². The molecule has 0 spiro atoms. The Morgan fingerprint density at radius 3 is 3.00 bits per heavy atom. The molecule has 0 atom stereocenters. The van der Waals surface area contributed by atoms with Gasteiger partial charge in [0.25, 0.3) is 0 Å². The van der Waals surface area contributed by atoms with E-state index in [1.807, 2.05) is 12.1 Å². The Kier molecular flexibility index (Phi) is 3.28. The first-order valence-electron chi connectivity index (χ1n) is 5.46. The molecule has 2 nitrogen and oxygen atoms in total. The first-order chi connectivity index (χ1) is 7.40. The molecule has 0 unspecified atom stereocenters. The SMILES string of the molecule is CCCC/C=C/c1ccc2c(c1)OCO2. The van der Waals surface area contributed by atoms with Crippen LogP contribution in [0.4, 0.5) is 0 Å². The largest absolute Gasteiger partial charge is 0.454 e. The van der Waals surface area contributed by atoms with Crippen molar-refractivity contribution >= 4 is 6.08 Å². The molecule has 0 saturated carbocycles. The average molecular weight is 204 g/mol. The van der Waals surface area contributed by atoms with Crippen LogP contribution >= 0.6 is 0 Å². The molecule has 0 aromatic heterocycles. The van der Waals surface area contributed by atoms with Gasteiger partial charge in [-0.25, -0.2) is 0 Å². The van der Waals surface area contributed by atoms with Crippen LogP contribution in [-0.4, -0.2) is 6.79 Å². The van der Waals surface area contributed by atoms with Gasteiger partial charge in [0, 0.05) is 0 Å². The predicted octanol–water partition coefficient (Wildman–Crippen LogP) is 3.62. The third-order valence-corrected chi connectivity index (χ3v) is 2.43. The molecular formula is C13H16O2. The third-order valence-electron chi connectivity index (χ3n) is 2.43. The first-order valence-corrected chi connectivity index (χ1v) is 5.46. The molecular weight excluding hydrogens is 188 g/mol. The van der Waals surface area contributed by atoms with Crippen LogP contribution in [0.25, 0.3) is 6.08 Å². The lowest BCUT2D eigenvalue weighted by Crippen LogP contribution is -1.92. The van der Waals surface area contributed by atoms with Crippen molar-refractivity contribution in [2.45, 2.75) is 26.2 Å². The third kappa shape index (κ3) is 2.52. The maximum Gasteiger partial charge on any atom is 0.231 e. The molecule has 1 aliphatic rings. The summed E-state index contributed by atoms with van der Waals surface area (Å²) >= 11 is 0. The smallest absolute Gasteiger partial charge is 0.231 e. The molecule has 1 aromatic rings. The number of fused-ring (bicyclic) bond motifs is 1. The minimum absolute atomic E-state index is 0.346. The number of rotatable bonds is 4. The highest BCUT2D eigenvalue weighted by Crippen LogP contribution is 2.32. The fraction of sp³-hybridized carbons (Fsp3) is 0.385. The van der Waals surface area contributed by atoms with E-state index in [4.69, 9.17) is 9.47 Å². The number of hydrogen-bond donors (Lipinski definition) is 0. The van der Waals surface area contributed by atoms with Crippen LogP contribution in [0.3, 0.4) is 0 Å². The van der Waals surface area contributed by atoms with Gasteiger partial charge in [-0.2, -0.15) is 0 Å². The molecule has 0 amide bonds. The number of unbranched alkanes of at least 4 members (excludes halogenated alkanes) is 2. The van der Waals surface area contributed by atoms with Crippen LogP contribution in [0.5, 0.6) is 11.5 Å². The van der Waals surface area contributed by atoms with Crippen LogP contribution < -0.4 is 9.47 Å². The quantitative estimate of drug-likeness (QED) is 0.697. The summed E-state index contributed by atoms with van der Waals surface area (Å²) in [5.41, 5.74) is 1.18. The van der Waals surface area contributed by atoms with Crippen molar-refractivity contribution in [2.24, 2.45) is 0 Å². The van der Waals surface area contributed by atoms with E-state index >= 15 is 0 Å². The summed E-state index contributed by atoms with van der Waals surface area (Å²) in [7, 11) is 0. The van der Waals surface area contributed by atoms with Gasteiger partial charge >= 0.3 is 0 Å². The lowest BCUT2D eigenvalue weighted by atomic mass is 10.1. The number of hydrogen-bond acceptors (Lipinski definition) is 2.